The molecule has 0 amide bonds. The third kappa shape index (κ3) is 4.30. The summed E-state index contributed by atoms with van der Waals surface area (Å²) in [7, 11) is 0. The van der Waals surface area contributed by atoms with E-state index in [9.17, 15) is 0 Å². The molecule has 1 aromatic rings. The molecule has 0 saturated heterocycles. The normalized spacial score (nSPS) is 11.9. The summed E-state index contributed by atoms with van der Waals surface area (Å²) in [5.74, 6) is 1.22. The summed E-state index contributed by atoms with van der Waals surface area (Å²) in [6.07, 6.45) is 1.75. The number of ether oxygens (including phenoxy) is 1. The number of hydrogen-bond donors (Lipinski definition) is 1. The number of hydrogen-bond acceptors (Lipinski definition) is 3. The van der Waals surface area contributed by atoms with Crippen molar-refractivity contribution in [2.45, 2.75) is 39.2 Å². The van der Waals surface area contributed by atoms with E-state index in [-0.39, 0.29) is 5.54 Å². The molecular weight excluding hydrogens is 188 g/mol. The first-order valence-corrected chi connectivity index (χ1v) is 5.26. The largest absolute Gasteiger partial charge is 0.490 e. The maximum atomic E-state index is 5.82. The van der Waals surface area contributed by atoms with Gasteiger partial charge in [0.2, 0.25) is 0 Å². The van der Waals surface area contributed by atoms with Crippen LogP contribution in [0.3, 0.4) is 0 Å². The van der Waals surface area contributed by atoms with Gasteiger partial charge in [0.15, 0.2) is 0 Å². The highest BCUT2D eigenvalue weighted by Gasteiger charge is 2.11. The molecule has 0 aliphatic heterocycles. The lowest BCUT2D eigenvalue weighted by molar-refractivity contribution is 0.242. The zero-order valence-electron chi connectivity index (χ0n) is 9.95. The number of rotatable bonds is 4. The van der Waals surface area contributed by atoms with Gasteiger partial charge in [0.1, 0.15) is 12.4 Å². The fraction of sp³-hybridized carbons (Fsp3) is 0.583. The van der Waals surface area contributed by atoms with Gasteiger partial charge in [-0.05, 0) is 31.9 Å². The van der Waals surface area contributed by atoms with Crippen molar-refractivity contribution in [3.63, 3.8) is 0 Å². The molecule has 0 unspecified atom stereocenters. The van der Waals surface area contributed by atoms with Gasteiger partial charge in [-0.1, -0.05) is 13.8 Å². The summed E-state index contributed by atoms with van der Waals surface area (Å²) in [6.45, 7) is 8.60. The van der Waals surface area contributed by atoms with Gasteiger partial charge in [-0.25, -0.2) is 0 Å². The lowest BCUT2D eigenvalue weighted by Crippen LogP contribution is -2.38. The minimum Gasteiger partial charge on any atom is -0.490 e. The minimum absolute atomic E-state index is 0.309. The summed E-state index contributed by atoms with van der Waals surface area (Å²) >= 11 is 0. The molecule has 0 bridgehead atoms. The van der Waals surface area contributed by atoms with E-state index in [2.05, 4.69) is 18.8 Å². The third-order valence-corrected chi connectivity index (χ3v) is 1.96. The van der Waals surface area contributed by atoms with Gasteiger partial charge in [0.05, 0.1) is 6.20 Å². The quantitative estimate of drug-likeness (QED) is 0.826. The van der Waals surface area contributed by atoms with Crippen LogP contribution in [-0.2, 0) is 0 Å². The Kier molecular flexibility index (Phi) is 3.69. The second kappa shape index (κ2) is 4.62. The van der Waals surface area contributed by atoms with Crippen molar-refractivity contribution >= 4 is 0 Å². The molecule has 1 rings (SSSR count). The SMILES string of the molecule is CC(C)c1ccc(OCC(C)(C)N)cn1. The van der Waals surface area contributed by atoms with Crippen LogP contribution < -0.4 is 10.5 Å². The van der Waals surface area contributed by atoms with Crippen molar-refractivity contribution in [2.24, 2.45) is 5.73 Å². The molecule has 0 aromatic carbocycles. The van der Waals surface area contributed by atoms with E-state index >= 15 is 0 Å². The first kappa shape index (κ1) is 12.0. The monoisotopic (exact) mass is 208 g/mol. The van der Waals surface area contributed by atoms with Crippen molar-refractivity contribution in [2.75, 3.05) is 6.61 Å². The fourth-order valence-corrected chi connectivity index (χ4v) is 1.09. The molecule has 15 heavy (non-hydrogen) atoms. The number of nitrogens with zero attached hydrogens (tertiary/aromatic N) is 1. The number of aromatic nitrogens is 1. The Balaban J connectivity index is 2.57. The number of pyridine rings is 1. The summed E-state index contributed by atoms with van der Waals surface area (Å²) in [6, 6.07) is 3.93. The molecule has 0 atom stereocenters. The Morgan fingerprint density at radius 1 is 1.40 bits per heavy atom. The number of nitrogens with two attached hydrogens (primary N) is 1. The molecule has 0 saturated carbocycles. The molecular formula is C12H20N2O. The first-order chi connectivity index (χ1) is 6.88. The summed E-state index contributed by atoms with van der Waals surface area (Å²) in [5.41, 5.74) is 6.59. The molecule has 1 heterocycles. The second-order valence-electron chi connectivity index (χ2n) is 4.85. The van der Waals surface area contributed by atoms with Gasteiger partial charge in [0, 0.05) is 11.2 Å². The highest BCUT2D eigenvalue weighted by molar-refractivity contribution is 5.21. The molecule has 0 radical (unpaired) electrons. The average molecular weight is 208 g/mol. The Morgan fingerprint density at radius 2 is 2.07 bits per heavy atom. The molecule has 2 N–H and O–H groups in total. The summed E-state index contributed by atoms with van der Waals surface area (Å²) in [5, 5.41) is 0. The van der Waals surface area contributed by atoms with Crippen molar-refractivity contribution in [1.29, 1.82) is 0 Å². The molecule has 0 aliphatic carbocycles. The highest BCUT2D eigenvalue weighted by Crippen LogP contribution is 2.16. The van der Waals surface area contributed by atoms with Crippen LogP contribution in [0, 0.1) is 0 Å². The van der Waals surface area contributed by atoms with Gasteiger partial charge in [-0.15, -0.1) is 0 Å². The van der Waals surface area contributed by atoms with E-state index in [0.29, 0.717) is 12.5 Å². The van der Waals surface area contributed by atoms with E-state index in [1.54, 1.807) is 6.20 Å². The molecule has 0 fully saturated rings. The standard InChI is InChI=1S/C12H20N2O/c1-9(2)11-6-5-10(7-14-11)15-8-12(3,4)13/h5-7,9H,8,13H2,1-4H3. The third-order valence-electron chi connectivity index (χ3n) is 1.96. The molecule has 1 aromatic heterocycles. The van der Waals surface area contributed by atoms with Crippen molar-refractivity contribution in [1.82, 2.24) is 4.98 Å². The average Bonchev–Trinajstić information content (AvgIpc) is 2.14. The van der Waals surface area contributed by atoms with Crippen LogP contribution in [0.2, 0.25) is 0 Å². The van der Waals surface area contributed by atoms with Gasteiger partial charge in [0.25, 0.3) is 0 Å². The minimum atomic E-state index is -0.309. The molecule has 3 heteroatoms. The van der Waals surface area contributed by atoms with Gasteiger partial charge in [-0.3, -0.25) is 4.98 Å². The van der Waals surface area contributed by atoms with E-state index < -0.39 is 0 Å². The van der Waals surface area contributed by atoms with Crippen molar-refractivity contribution in [3.05, 3.63) is 24.0 Å². The Morgan fingerprint density at radius 3 is 2.47 bits per heavy atom. The van der Waals surface area contributed by atoms with Crippen LogP contribution in [0.15, 0.2) is 18.3 Å². The zero-order valence-corrected chi connectivity index (χ0v) is 9.95. The van der Waals surface area contributed by atoms with Crippen LogP contribution in [0.5, 0.6) is 5.75 Å². The zero-order chi connectivity index (χ0) is 11.5. The lowest BCUT2D eigenvalue weighted by atomic mass is 10.1. The van der Waals surface area contributed by atoms with Gasteiger partial charge in [-0.2, -0.15) is 0 Å². The maximum Gasteiger partial charge on any atom is 0.137 e. The van der Waals surface area contributed by atoms with Crippen molar-refractivity contribution < 1.29 is 4.74 Å². The Bertz CT molecular complexity index is 298. The van der Waals surface area contributed by atoms with Crippen LogP contribution in [0.25, 0.3) is 0 Å². The molecule has 0 spiro atoms. The Hall–Kier alpha value is -1.09. The second-order valence-corrected chi connectivity index (χ2v) is 4.85. The van der Waals surface area contributed by atoms with E-state index in [1.807, 2.05) is 26.0 Å². The maximum absolute atomic E-state index is 5.82. The van der Waals surface area contributed by atoms with Crippen LogP contribution in [0.4, 0.5) is 0 Å². The smallest absolute Gasteiger partial charge is 0.137 e. The van der Waals surface area contributed by atoms with Crippen molar-refractivity contribution in [3.8, 4) is 5.75 Å². The van der Waals surface area contributed by atoms with Gasteiger partial charge < -0.3 is 10.5 Å². The first-order valence-electron chi connectivity index (χ1n) is 5.26. The van der Waals surface area contributed by atoms with Gasteiger partial charge >= 0.3 is 0 Å². The Labute approximate surface area is 91.7 Å². The lowest BCUT2D eigenvalue weighted by Gasteiger charge is -2.18. The predicted molar refractivity (Wildman–Crippen MR) is 62.1 cm³/mol. The molecule has 0 aliphatic rings. The fourth-order valence-electron chi connectivity index (χ4n) is 1.09. The molecule has 3 nitrogen and oxygen atoms in total. The van der Waals surface area contributed by atoms with E-state index in [0.717, 1.165) is 11.4 Å². The predicted octanol–water partition coefficient (Wildman–Crippen LogP) is 2.32. The topological polar surface area (TPSA) is 48.1 Å². The highest BCUT2D eigenvalue weighted by atomic mass is 16.5. The summed E-state index contributed by atoms with van der Waals surface area (Å²) in [4.78, 5) is 4.31. The molecule has 84 valence electrons. The van der Waals surface area contributed by atoms with Crippen LogP contribution in [0.1, 0.15) is 39.3 Å². The summed E-state index contributed by atoms with van der Waals surface area (Å²) < 4.78 is 5.52. The van der Waals surface area contributed by atoms with Crippen LogP contribution in [-0.4, -0.2) is 17.1 Å². The van der Waals surface area contributed by atoms with Crippen LogP contribution >= 0.6 is 0 Å². The van der Waals surface area contributed by atoms with E-state index in [4.69, 9.17) is 10.5 Å². The van der Waals surface area contributed by atoms with E-state index in [1.165, 1.54) is 0 Å².